The molecule has 4 heterocycles. The third-order valence-electron chi connectivity index (χ3n) is 6.56. The van der Waals surface area contributed by atoms with Gasteiger partial charge in [-0.25, -0.2) is 18.7 Å². The van der Waals surface area contributed by atoms with Gasteiger partial charge >= 0.3 is 0 Å². The van der Waals surface area contributed by atoms with Crippen molar-refractivity contribution in [3.05, 3.63) is 77.2 Å². The zero-order chi connectivity index (χ0) is 26.1. The average Bonchev–Trinajstić information content (AvgIpc) is 3.62. The average molecular weight is 587 g/mol. The van der Waals surface area contributed by atoms with E-state index in [0.29, 0.717) is 52.8 Å². The number of halogens is 3. The van der Waals surface area contributed by atoms with Gasteiger partial charge in [0, 0.05) is 37.6 Å². The van der Waals surface area contributed by atoms with E-state index in [9.17, 15) is 13.6 Å². The van der Waals surface area contributed by atoms with E-state index in [1.54, 1.807) is 16.2 Å². The molecule has 6 rings (SSSR count). The Morgan fingerprint density at radius 3 is 2.67 bits per heavy atom. The Kier molecular flexibility index (Phi) is 8.49. The minimum atomic E-state index is -0.738. The summed E-state index contributed by atoms with van der Waals surface area (Å²) in [5, 5.41) is 3.05. The predicted molar refractivity (Wildman–Crippen MR) is 155 cm³/mol. The number of anilines is 1. The lowest BCUT2D eigenvalue weighted by molar-refractivity contribution is 0.0376. The zero-order valence-electron chi connectivity index (χ0n) is 20.8. The van der Waals surface area contributed by atoms with Crippen LogP contribution >= 0.6 is 35.1 Å². The fourth-order valence-electron chi connectivity index (χ4n) is 4.67. The van der Waals surface area contributed by atoms with Gasteiger partial charge in [-0.15, -0.1) is 23.7 Å². The molecule has 1 fully saturated rings. The van der Waals surface area contributed by atoms with E-state index in [2.05, 4.69) is 9.88 Å². The first-order valence-corrected chi connectivity index (χ1v) is 14.1. The van der Waals surface area contributed by atoms with Gasteiger partial charge in [0.2, 0.25) is 0 Å². The van der Waals surface area contributed by atoms with Gasteiger partial charge in [-0.2, -0.15) is 0 Å². The summed E-state index contributed by atoms with van der Waals surface area (Å²) in [6.45, 7) is 4.25. The number of thiophene rings is 1. The summed E-state index contributed by atoms with van der Waals surface area (Å²) in [7, 11) is 0. The van der Waals surface area contributed by atoms with Crippen LogP contribution in [0.5, 0.6) is 0 Å². The lowest BCUT2D eigenvalue weighted by Crippen LogP contribution is -2.39. The third kappa shape index (κ3) is 5.80. The van der Waals surface area contributed by atoms with Gasteiger partial charge in [-0.1, -0.05) is 35.6 Å². The molecule has 0 spiro atoms. The molecule has 2 aromatic carbocycles. The van der Waals surface area contributed by atoms with Crippen molar-refractivity contribution in [1.29, 1.82) is 0 Å². The fraction of sp³-hybridized carbons (Fsp3) is 0.250. The molecular weight excluding hydrogens is 562 g/mol. The first kappa shape index (κ1) is 27.5. The summed E-state index contributed by atoms with van der Waals surface area (Å²) < 4.78 is 34.3. The highest BCUT2D eigenvalue weighted by molar-refractivity contribution is 7.22. The van der Waals surface area contributed by atoms with Crippen LogP contribution in [0.3, 0.4) is 0 Å². The molecule has 0 N–H and O–H groups in total. The summed E-state index contributed by atoms with van der Waals surface area (Å²) >= 11 is 2.67. The Hall–Kier alpha value is -3.02. The molecule has 0 unspecified atom stereocenters. The quantitative estimate of drug-likeness (QED) is 0.214. The highest BCUT2D eigenvalue weighted by atomic mass is 35.5. The van der Waals surface area contributed by atoms with Gasteiger partial charge in [0.1, 0.15) is 11.3 Å². The molecule has 0 saturated carbocycles. The minimum absolute atomic E-state index is 0. The number of carbonyl (C=O) groups is 1. The highest BCUT2D eigenvalue weighted by Gasteiger charge is 2.25. The van der Waals surface area contributed by atoms with Crippen LogP contribution in [0, 0.1) is 11.6 Å². The second-order valence-electron chi connectivity index (χ2n) is 9.04. The Bertz CT molecular complexity index is 1610. The molecule has 3 aromatic heterocycles. The molecule has 0 aliphatic carbocycles. The lowest BCUT2D eigenvalue weighted by atomic mass is 10.1. The van der Waals surface area contributed by atoms with Crippen LogP contribution in [-0.2, 0) is 4.74 Å². The molecule has 1 saturated heterocycles. The van der Waals surface area contributed by atoms with Crippen LogP contribution in [0.2, 0.25) is 0 Å². The monoisotopic (exact) mass is 586 g/mol. The molecule has 0 radical (unpaired) electrons. The van der Waals surface area contributed by atoms with Crippen molar-refractivity contribution in [3.8, 4) is 10.6 Å². The normalized spacial score (nSPS) is 14.0. The van der Waals surface area contributed by atoms with Crippen LogP contribution < -0.4 is 4.90 Å². The summed E-state index contributed by atoms with van der Waals surface area (Å²) in [6.07, 6.45) is 0.694. The second kappa shape index (κ2) is 12.0. The summed E-state index contributed by atoms with van der Waals surface area (Å²) in [5.74, 6) is -1.66. The van der Waals surface area contributed by atoms with E-state index in [-0.39, 0.29) is 23.8 Å². The van der Waals surface area contributed by atoms with E-state index in [1.165, 1.54) is 6.07 Å². The van der Waals surface area contributed by atoms with Crippen LogP contribution in [-0.4, -0.2) is 60.2 Å². The molecule has 11 heteroatoms. The Balaban J connectivity index is 0.00000308. The Labute approximate surface area is 238 Å². The van der Waals surface area contributed by atoms with Crippen molar-refractivity contribution in [1.82, 2.24) is 14.9 Å². The number of pyridine rings is 1. The first-order chi connectivity index (χ1) is 18.6. The molecule has 1 amide bonds. The van der Waals surface area contributed by atoms with Gasteiger partial charge in [0.25, 0.3) is 5.91 Å². The van der Waals surface area contributed by atoms with Crippen molar-refractivity contribution >= 4 is 67.2 Å². The van der Waals surface area contributed by atoms with E-state index in [4.69, 9.17) is 9.72 Å². The second-order valence-corrected chi connectivity index (χ2v) is 11.0. The number of para-hydroxylation sites is 1. The maximum Gasteiger partial charge on any atom is 0.260 e. The summed E-state index contributed by atoms with van der Waals surface area (Å²) in [6, 6.07) is 15.4. The Morgan fingerprint density at radius 2 is 1.87 bits per heavy atom. The smallest absolute Gasteiger partial charge is 0.260 e. The van der Waals surface area contributed by atoms with Crippen molar-refractivity contribution in [3.63, 3.8) is 0 Å². The molecule has 0 bridgehead atoms. The van der Waals surface area contributed by atoms with E-state index in [0.717, 1.165) is 47.3 Å². The van der Waals surface area contributed by atoms with Gasteiger partial charge in [0.05, 0.1) is 39.6 Å². The van der Waals surface area contributed by atoms with Gasteiger partial charge < -0.3 is 4.74 Å². The van der Waals surface area contributed by atoms with Gasteiger partial charge in [0.15, 0.2) is 10.9 Å². The van der Waals surface area contributed by atoms with E-state index >= 15 is 0 Å². The van der Waals surface area contributed by atoms with Crippen molar-refractivity contribution < 1.29 is 18.3 Å². The van der Waals surface area contributed by atoms with Crippen LogP contribution in [0.15, 0.2) is 60.0 Å². The van der Waals surface area contributed by atoms with Crippen LogP contribution in [0.25, 0.3) is 31.7 Å². The number of morpholine rings is 1. The number of hydrogen-bond donors (Lipinski definition) is 0. The largest absolute Gasteiger partial charge is 0.379 e. The molecule has 202 valence electrons. The van der Waals surface area contributed by atoms with Crippen molar-refractivity contribution in [2.75, 3.05) is 44.3 Å². The number of benzene rings is 2. The van der Waals surface area contributed by atoms with E-state index < -0.39 is 11.6 Å². The van der Waals surface area contributed by atoms with Crippen molar-refractivity contribution in [2.45, 2.75) is 6.42 Å². The maximum absolute atomic E-state index is 14.5. The molecule has 1 aliphatic heterocycles. The maximum atomic E-state index is 14.5. The number of hydrogen-bond acceptors (Lipinski definition) is 7. The third-order valence-corrected chi connectivity index (χ3v) is 8.48. The molecule has 6 nitrogen and oxygen atoms in total. The molecule has 1 aliphatic rings. The number of carbonyl (C=O) groups excluding carboxylic acids is 1. The van der Waals surface area contributed by atoms with Crippen LogP contribution in [0.1, 0.15) is 16.8 Å². The number of fused-ring (bicyclic) bond motifs is 2. The topological polar surface area (TPSA) is 58.6 Å². The Morgan fingerprint density at radius 1 is 1.05 bits per heavy atom. The number of nitrogens with zero attached hydrogens (tertiary/aromatic N) is 4. The molecular formula is C28H25ClF2N4O2S2. The van der Waals surface area contributed by atoms with E-state index in [1.807, 2.05) is 47.8 Å². The van der Waals surface area contributed by atoms with Crippen molar-refractivity contribution in [2.24, 2.45) is 0 Å². The van der Waals surface area contributed by atoms with Gasteiger partial charge in [-0.05, 0) is 36.1 Å². The van der Waals surface area contributed by atoms with Gasteiger partial charge in [-0.3, -0.25) is 14.6 Å². The fourth-order valence-corrected chi connectivity index (χ4v) is 6.39. The zero-order valence-corrected chi connectivity index (χ0v) is 23.3. The molecule has 39 heavy (non-hydrogen) atoms. The molecule has 0 atom stereocenters. The number of ether oxygens (including phenoxy) is 1. The lowest BCUT2D eigenvalue weighted by Gasteiger charge is -2.28. The first-order valence-electron chi connectivity index (χ1n) is 12.4. The summed E-state index contributed by atoms with van der Waals surface area (Å²) in [5.41, 5.74) is 1.99. The number of amides is 1. The van der Waals surface area contributed by atoms with Crippen LogP contribution in [0.4, 0.5) is 13.9 Å². The number of thiazole rings is 1. The molecule has 5 aromatic rings. The minimum Gasteiger partial charge on any atom is -0.379 e. The highest BCUT2D eigenvalue weighted by Crippen LogP contribution is 2.34. The predicted octanol–water partition coefficient (Wildman–Crippen LogP) is 6.64. The number of aromatic nitrogens is 2. The number of rotatable bonds is 7. The standard InChI is InChI=1S/C28H24F2N4O2S2.ClH/c29-18-15-21(30)26-25(16-18)38-28(32-26)34(9-4-8-33-10-12-36-13-11-33)27(35)20-17-23(24-7-3-14-37-24)31-22-6-2-1-5-19(20)22;/h1-3,5-7,14-17H,4,8-13H2;1H. The summed E-state index contributed by atoms with van der Waals surface area (Å²) in [4.78, 5) is 28.4. The SMILES string of the molecule is Cl.O=C(c1cc(-c2cccs2)nc2ccccc12)N(CCCN1CCOCC1)c1nc2c(F)cc(F)cc2s1.